The van der Waals surface area contributed by atoms with Crippen LogP contribution in [0.25, 0.3) is 0 Å². The van der Waals surface area contributed by atoms with Gasteiger partial charge in [-0.1, -0.05) is 47.1 Å². The first kappa shape index (κ1) is 23.6. The lowest BCUT2D eigenvalue weighted by atomic mass is 9.63. The minimum absolute atomic E-state index is 0.0530. The fourth-order valence-corrected chi connectivity index (χ4v) is 5.84. The second-order valence-electron chi connectivity index (χ2n) is 11.5. The Kier molecular flexibility index (Phi) is 5.96. The van der Waals surface area contributed by atoms with Crippen LogP contribution >= 0.6 is 0 Å². The van der Waals surface area contributed by atoms with E-state index in [9.17, 15) is 14.7 Å². The van der Waals surface area contributed by atoms with E-state index >= 15 is 0 Å². The number of Topliss-reactive ketones (excluding diaryl/α,β-unsaturated/α-hetero) is 2. The molecule has 1 N–H and O–H groups in total. The van der Waals surface area contributed by atoms with E-state index in [4.69, 9.17) is 4.74 Å². The van der Waals surface area contributed by atoms with Crippen LogP contribution in [0.3, 0.4) is 0 Å². The minimum atomic E-state index is -0.408. The number of ether oxygens (including phenoxy) is 1. The van der Waals surface area contributed by atoms with Crippen molar-refractivity contribution < 1.29 is 19.4 Å². The topological polar surface area (TPSA) is 66.8 Å². The van der Waals surface area contributed by atoms with Gasteiger partial charge in [-0.15, -0.1) is 0 Å². The van der Waals surface area contributed by atoms with E-state index in [1.807, 2.05) is 6.07 Å². The molecule has 0 bridgehead atoms. The van der Waals surface area contributed by atoms with E-state index in [-0.39, 0.29) is 28.1 Å². The van der Waals surface area contributed by atoms with Gasteiger partial charge in [0.1, 0.15) is 0 Å². The Labute approximate surface area is 197 Å². The third-order valence-corrected chi connectivity index (χ3v) is 7.29. The maximum atomic E-state index is 13.7. The summed E-state index contributed by atoms with van der Waals surface area (Å²) in [6, 6.07) is 5.23. The molecule has 3 aliphatic rings. The van der Waals surface area contributed by atoms with Gasteiger partial charge in [-0.3, -0.25) is 9.59 Å². The highest BCUT2D eigenvalue weighted by Gasteiger charge is 2.48. The van der Waals surface area contributed by atoms with Gasteiger partial charge < -0.3 is 14.7 Å². The zero-order valence-electron chi connectivity index (χ0n) is 20.9. The van der Waals surface area contributed by atoms with Crippen LogP contribution in [0.2, 0.25) is 0 Å². The summed E-state index contributed by atoms with van der Waals surface area (Å²) in [4.78, 5) is 29.7. The summed E-state index contributed by atoms with van der Waals surface area (Å²) in [6.07, 6.45) is 4.64. The quantitative estimate of drug-likeness (QED) is 0.605. The van der Waals surface area contributed by atoms with Crippen LogP contribution in [-0.2, 0) is 9.59 Å². The monoisotopic (exact) mass is 451 g/mol. The lowest BCUT2D eigenvalue weighted by Gasteiger charge is -2.49. The van der Waals surface area contributed by atoms with Crippen molar-refractivity contribution >= 4 is 11.6 Å². The lowest BCUT2D eigenvalue weighted by Crippen LogP contribution is -2.44. The van der Waals surface area contributed by atoms with Crippen LogP contribution in [0.15, 0.2) is 40.7 Å². The first-order valence-electron chi connectivity index (χ1n) is 12.1. The van der Waals surface area contributed by atoms with Crippen molar-refractivity contribution in [3.63, 3.8) is 0 Å². The molecule has 2 aliphatic carbocycles. The van der Waals surface area contributed by atoms with Gasteiger partial charge in [-0.2, -0.15) is 0 Å². The van der Waals surface area contributed by atoms with Crippen LogP contribution in [0, 0.1) is 10.8 Å². The summed E-state index contributed by atoms with van der Waals surface area (Å²) in [5, 5.41) is 10.2. The summed E-state index contributed by atoms with van der Waals surface area (Å²) < 4.78 is 5.38. The van der Waals surface area contributed by atoms with Crippen LogP contribution in [-0.4, -0.2) is 35.2 Å². The maximum Gasteiger partial charge on any atom is 0.162 e. The van der Waals surface area contributed by atoms with Crippen molar-refractivity contribution in [2.24, 2.45) is 10.8 Å². The largest absolute Gasteiger partial charge is 0.504 e. The zero-order chi connectivity index (χ0) is 24.1. The molecular weight excluding hydrogens is 414 g/mol. The van der Waals surface area contributed by atoms with Gasteiger partial charge in [0.2, 0.25) is 0 Å². The van der Waals surface area contributed by atoms with Crippen molar-refractivity contribution in [1.82, 2.24) is 4.90 Å². The molecule has 0 atom stereocenters. The van der Waals surface area contributed by atoms with E-state index in [0.29, 0.717) is 18.6 Å². The Morgan fingerprint density at radius 1 is 0.970 bits per heavy atom. The average Bonchev–Trinajstić information content (AvgIpc) is 2.70. The van der Waals surface area contributed by atoms with E-state index in [1.54, 1.807) is 12.1 Å². The van der Waals surface area contributed by atoms with Crippen molar-refractivity contribution in [2.75, 3.05) is 13.7 Å². The van der Waals surface area contributed by atoms with E-state index in [1.165, 1.54) is 7.11 Å². The van der Waals surface area contributed by atoms with Crippen LogP contribution in [0.5, 0.6) is 11.5 Å². The van der Waals surface area contributed by atoms with Crippen molar-refractivity contribution in [3.8, 4) is 11.5 Å². The van der Waals surface area contributed by atoms with Crippen molar-refractivity contribution in [2.45, 2.75) is 79.1 Å². The van der Waals surface area contributed by atoms with Gasteiger partial charge in [0, 0.05) is 47.8 Å². The number of nitrogens with zero attached hydrogens (tertiary/aromatic N) is 1. The molecule has 5 heteroatoms. The highest BCUT2D eigenvalue weighted by atomic mass is 16.5. The molecule has 0 aromatic heterocycles. The molecular formula is C28H37NO4. The molecule has 1 aromatic carbocycles. The minimum Gasteiger partial charge on any atom is -0.504 e. The molecule has 4 rings (SSSR count). The Morgan fingerprint density at radius 2 is 1.52 bits per heavy atom. The molecule has 0 fully saturated rings. The van der Waals surface area contributed by atoms with Gasteiger partial charge in [0.15, 0.2) is 23.1 Å². The number of rotatable bonds is 5. The predicted octanol–water partition coefficient (Wildman–Crippen LogP) is 5.89. The van der Waals surface area contributed by atoms with E-state index in [0.717, 1.165) is 60.3 Å². The number of hydrogen-bond acceptors (Lipinski definition) is 5. The normalized spacial score (nSPS) is 22.4. The molecule has 0 radical (unpaired) electrons. The van der Waals surface area contributed by atoms with Crippen LogP contribution in [0.4, 0.5) is 0 Å². The second-order valence-corrected chi connectivity index (χ2v) is 11.5. The summed E-state index contributed by atoms with van der Waals surface area (Å²) in [6.45, 7) is 11.6. The Hall–Kier alpha value is -2.56. The van der Waals surface area contributed by atoms with Gasteiger partial charge in [-0.05, 0) is 47.8 Å². The number of carbonyl (C=O) groups is 2. The number of unbranched alkanes of at least 4 members (excludes halogenated alkanes) is 1. The first-order chi connectivity index (χ1) is 15.5. The van der Waals surface area contributed by atoms with Gasteiger partial charge in [-0.25, -0.2) is 0 Å². The third-order valence-electron chi connectivity index (χ3n) is 7.29. The fraction of sp³-hybridized carbons (Fsp3) is 0.571. The highest BCUT2D eigenvalue weighted by Crippen LogP contribution is 2.54. The number of benzene rings is 1. The summed E-state index contributed by atoms with van der Waals surface area (Å²) in [5.74, 6) is 0.261. The SMILES string of the molecule is CCCCN1C2=C(C(=O)CC(C)(C)C2)C(c2ccc(O)c(OC)c2)C2=C1CC(C)(C)CC2=O. The smallest absolute Gasteiger partial charge is 0.162 e. The average molecular weight is 452 g/mol. The molecule has 178 valence electrons. The number of hydrogen-bond donors (Lipinski definition) is 1. The summed E-state index contributed by atoms with van der Waals surface area (Å²) in [7, 11) is 1.52. The van der Waals surface area contributed by atoms with Crippen LogP contribution in [0.1, 0.15) is 84.6 Å². The molecule has 33 heavy (non-hydrogen) atoms. The fourth-order valence-electron chi connectivity index (χ4n) is 5.84. The summed E-state index contributed by atoms with van der Waals surface area (Å²) >= 11 is 0. The van der Waals surface area contributed by atoms with Gasteiger partial charge >= 0.3 is 0 Å². The predicted molar refractivity (Wildman–Crippen MR) is 129 cm³/mol. The number of carbonyl (C=O) groups excluding carboxylic acids is 2. The van der Waals surface area contributed by atoms with Crippen molar-refractivity contribution in [3.05, 3.63) is 46.3 Å². The Bertz CT molecular complexity index is 1010. The standard InChI is InChI=1S/C28H37NO4/c1-7-8-11-29-18-13-27(2,3)15-21(31)25(18)24(17-9-10-20(30)23(12-17)33-6)26-19(29)14-28(4,5)16-22(26)32/h9-10,12,24,30H,7-8,11,13-16H2,1-6H3. The second kappa shape index (κ2) is 8.34. The molecule has 1 aromatic rings. The molecule has 1 aliphatic heterocycles. The number of ketones is 2. The van der Waals surface area contributed by atoms with Crippen molar-refractivity contribution in [1.29, 1.82) is 0 Å². The summed E-state index contributed by atoms with van der Waals surface area (Å²) in [5.41, 5.74) is 4.31. The molecule has 0 spiro atoms. The maximum absolute atomic E-state index is 13.7. The van der Waals surface area contributed by atoms with E-state index in [2.05, 4.69) is 39.5 Å². The molecule has 5 nitrogen and oxygen atoms in total. The number of phenols is 1. The number of phenolic OH excluding ortho intramolecular Hbond substituents is 1. The molecule has 0 saturated carbocycles. The first-order valence-corrected chi connectivity index (χ1v) is 12.1. The number of allylic oxidation sites excluding steroid dienone is 4. The number of methoxy groups -OCH3 is 1. The number of aromatic hydroxyl groups is 1. The molecule has 0 saturated heterocycles. The molecule has 0 amide bonds. The van der Waals surface area contributed by atoms with Gasteiger partial charge in [0.05, 0.1) is 7.11 Å². The Balaban J connectivity index is 1.99. The molecule has 1 heterocycles. The lowest BCUT2D eigenvalue weighted by molar-refractivity contribution is -0.119. The zero-order valence-corrected chi connectivity index (χ0v) is 20.9. The molecule has 0 unspecified atom stereocenters. The Morgan fingerprint density at radius 3 is 2.00 bits per heavy atom. The van der Waals surface area contributed by atoms with Gasteiger partial charge in [0.25, 0.3) is 0 Å². The van der Waals surface area contributed by atoms with Crippen LogP contribution < -0.4 is 4.74 Å². The third kappa shape index (κ3) is 4.22. The van der Waals surface area contributed by atoms with E-state index < -0.39 is 5.92 Å². The highest BCUT2D eigenvalue weighted by molar-refractivity contribution is 6.06.